The van der Waals surface area contributed by atoms with Crippen LogP contribution in [0, 0.1) is 0 Å². The molecular formula is C9H15NO2S2. The Labute approximate surface area is 94.1 Å². The first-order valence-electron chi connectivity index (χ1n) is 4.73. The van der Waals surface area contributed by atoms with Crippen LogP contribution in [0.1, 0.15) is 26.7 Å². The Kier molecular flexibility index (Phi) is 4.84. The second-order valence-corrected chi connectivity index (χ2v) is 5.29. The lowest BCUT2D eigenvalue weighted by Gasteiger charge is -2.16. The van der Waals surface area contributed by atoms with Gasteiger partial charge in [0.25, 0.3) is 0 Å². The van der Waals surface area contributed by atoms with Crippen molar-refractivity contribution in [1.82, 2.24) is 5.06 Å². The van der Waals surface area contributed by atoms with E-state index in [0.29, 0.717) is 4.38 Å². The highest BCUT2D eigenvalue weighted by Crippen LogP contribution is 2.17. The monoisotopic (exact) mass is 233 g/mol. The molecule has 0 saturated carbocycles. The zero-order chi connectivity index (χ0) is 10.6. The smallest absolute Gasteiger partial charge is 0.245 e. The summed E-state index contributed by atoms with van der Waals surface area (Å²) in [5.74, 6) is 0.127. The lowest BCUT2D eigenvalue weighted by atomic mass is 10.3. The summed E-state index contributed by atoms with van der Waals surface area (Å²) in [5, 5.41) is 1.76. The van der Waals surface area contributed by atoms with E-state index in [2.05, 4.69) is 0 Å². The van der Waals surface area contributed by atoms with Gasteiger partial charge in [0.2, 0.25) is 4.38 Å². The van der Waals surface area contributed by atoms with E-state index in [4.69, 9.17) is 17.1 Å². The van der Waals surface area contributed by atoms with Crippen molar-refractivity contribution in [1.29, 1.82) is 0 Å². The molecule has 0 aromatic carbocycles. The van der Waals surface area contributed by atoms with Gasteiger partial charge in [0.05, 0.1) is 5.25 Å². The van der Waals surface area contributed by atoms with E-state index in [1.54, 1.807) is 6.92 Å². The predicted octanol–water partition coefficient (Wildman–Crippen LogP) is 2.01. The number of hydrogen-bond donors (Lipinski definition) is 0. The number of thiocarbonyl (C=S) groups is 1. The van der Waals surface area contributed by atoms with Crippen molar-refractivity contribution in [3.8, 4) is 0 Å². The van der Waals surface area contributed by atoms with Crippen LogP contribution in [0.25, 0.3) is 0 Å². The highest BCUT2D eigenvalue weighted by Gasteiger charge is 2.17. The maximum atomic E-state index is 11.0. The Morgan fingerprint density at radius 2 is 2.07 bits per heavy atom. The second-order valence-electron chi connectivity index (χ2n) is 3.35. The van der Waals surface area contributed by atoms with Crippen LogP contribution in [0.15, 0.2) is 0 Å². The molecule has 0 bridgehead atoms. The first kappa shape index (κ1) is 11.9. The Morgan fingerprint density at radius 3 is 2.57 bits per heavy atom. The number of Topliss-reactive ketones (excluding diaryl/α,β-unsaturated/α-hetero) is 1. The minimum atomic E-state index is -0.106. The summed E-state index contributed by atoms with van der Waals surface area (Å²) < 4.78 is 0.453. The highest BCUT2D eigenvalue weighted by atomic mass is 32.2. The van der Waals surface area contributed by atoms with Gasteiger partial charge in [-0.25, -0.2) is 0 Å². The molecule has 1 unspecified atom stereocenters. The van der Waals surface area contributed by atoms with Crippen molar-refractivity contribution in [2.45, 2.75) is 31.9 Å². The van der Waals surface area contributed by atoms with Gasteiger partial charge in [-0.15, -0.1) is 5.06 Å². The van der Waals surface area contributed by atoms with Crippen LogP contribution in [0.3, 0.4) is 0 Å². The van der Waals surface area contributed by atoms with E-state index < -0.39 is 0 Å². The zero-order valence-electron chi connectivity index (χ0n) is 8.49. The third kappa shape index (κ3) is 3.94. The SMILES string of the molecule is CC(=O)C(C)SC(=S)ON1CCCC1. The van der Waals surface area contributed by atoms with Gasteiger partial charge in [-0.1, -0.05) is 11.8 Å². The van der Waals surface area contributed by atoms with Crippen molar-refractivity contribution in [3.05, 3.63) is 0 Å². The molecule has 1 aliphatic heterocycles. The van der Waals surface area contributed by atoms with Gasteiger partial charge in [-0.3, -0.25) is 4.79 Å². The molecule has 1 fully saturated rings. The fraction of sp³-hybridized carbons (Fsp3) is 0.778. The fourth-order valence-electron chi connectivity index (χ4n) is 1.13. The first-order valence-corrected chi connectivity index (χ1v) is 6.02. The molecule has 0 amide bonds. The van der Waals surface area contributed by atoms with Gasteiger partial charge < -0.3 is 4.84 Å². The molecule has 1 saturated heterocycles. The van der Waals surface area contributed by atoms with E-state index in [0.717, 1.165) is 25.9 Å². The largest absolute Gasteiger partial charge is 0.387 e. The minimum Gasteiger partial charge on any atom is -0.387 e. The number of thioether (sulfide) groups is 1. The summed E-state index contributed by atoms with van der Waals surface area (Å²) in [6.07, 6.45) is 2.32. The Hall–Kier alpha value is -0.130. The summed E-state index contributed by atoms with van der Waals surface area (Å²) in [4.78, 5) is 16.4. The predicted molar refractivity (Wildman–Crippen MR) is 62.2 cm³/mol. The molecule has 1 heterocycles. The average Bonchev–Trinajstić information content (AvgIpc) is 2.56. The van der Waals surface area contributed by atoms with E-state index in [1.165, 1.54) is 11.8 Å². The van der Waals surface area contributed by atoms with Crippen molar-refractivity contribution < 1.29 is 9.63 Å². The fourth-order valence-corrected chi connectivity index (χ4v) is 2.28. The summed E-state index contributed by atoms with van der Waals surface area (Å²) in [5.41, 5.74) is 0. The van der Waals surface area contributed by atoms with Crippen LogP contribution < -0.4 is 0 Å². The minimum absolute atomic E-state index is 0.106. The lowest BCUT2D eigenvalue weighted by Crippen LogP contribution is -2.23. The highest BCUT2D eigenvalue weighted by molar-refractivity contribution is 8.23. The van der Waals surface area contributed by atoms with E-state index in [9.17, 15) is 4.79 Å². The van der Waals surface area contributed by atoms with Gasteiger partial charge in [0.1, 0.15) is 5.78 Å². The lowest BCUT2D eigenvalue weighted by molar-refractivity contribution is -0.116. The van der Waals surface area contributed by atoms with Crippen molar-refractivity contribution in [2.24, 2.45) is 0 Å². The van der Waals surface area contributed by atoms with Crippen LogP contribution in [0.2, 0.25) is 0 Å². The van der Waals surface area contributed by atoms with Gasteiger partial charge in [-0.05, 0) is 38.9 Å². The maximum Gasteiger partial charge on any atom is 0.245 e. The number of hydrogen-bond acceptors (Lipinski definition) is 5. The molecule has 0 aromatic rings. The van der Waals surface area contributed by atoms with E-state index in [1.807, 2.05) is 12.0 Å². The topological polar surface area (TPSA) is 29.5 Å². The Bertz CT molecular complexity index is 227. The molecular weight excluding hydrogens is 218 g/mol. The number of hydroxylamine groups is 2. The number of carbonyl (C=O) groups excluding carboxylic acids is 1. The maximum absolute atomic E-state index is 11.0. The van der Waals surface area contributed by atoms with Crippen molar-refractivity contribution in [2.75, 3.05) is 13.1 Å². The van der Waals surface area contributed by atoms with Gasteiger partial charge in [0, 0.05) is 13.1 Å². The third-order valence-corrected chi connectivity index (χ3v) is 3.43. The first-order chi connectivity index (χ1) is 6.59. The normalized spacial score (nSPS) is 19.3. The van der Waals surface area contributed by atoms with Crippen molar-refractivity contribution >= 4 is 34.1 Å². The molecule has 1 atom stereocenters. The number of carbonyl (C=O) groups is 1. The van der Waals surface area contributed by atoms with Gasteiger partial charge in [-0.2, -0.15) is 0 Å². The van der Waals surface area contributed by atoms with Gasteiger partial charge >= 0.3 is 0 Å². The van der Waals surface area contributed by atoms with Crippen LogP contribution >= 0.6 is 24.0 Å². The molecule has 14 heavy (non-hydrogen) atoms. The summed E-state index contributed by atoms with van der Waals surface area (Å²) >= 11 is 6.35. The molecule has 5 heteroatoms. The number of nitrogens with zero attached hydrogens (tertiary/aromatic N) is 1. The molecule has 0 radical (unpaired) electrons. The van der Waals surface area contributed by atoms with Crippen LogP contribution in [-0.2, 0) is 9.63 Å². The molecule has 0 N–H and O–H groups in total. The average molecular weight is 233 g/mol. The third-order valence-electron chi connectivity index (χ3n) is 2.11. The number of ketones is 1. The Balaban J connectivity index is 2.24. The summed E-state index contributed by atoms with van der Waals surface area (Å²) in [6.45, 7) is 5.28. The van der Waals surface area contributed by atoms with Crippen LogP contribution in [-0.4, -0.2) is 33.6 Å². The van der Waals surface area contributed by atoms with Gasteiger partial charge in [0.15, 0.2) is 0 Å². The Morgan fingerprint density at radius 1 is 1.50 bits per heavy atom. The van der Waals surface area contributed by atoms with E-state index >= 15 is 0 Å². The summed E-state index contributed by atoms with van der Waals surface area (Å²) in [6, 6.07) is 0. The second kappa shape index (κ2) is 5.68. The van der Waals surface area contributed by atoms with Crippen molar-refractivity contribution in [3.63, 3.8) is 0 Å². The molecule has 3 nitrogen and oxygen atoms in total. The van der Waals surface area contributed by atoms with Crippen LogP contribution in [0.5, 0.6) is 0 Å². The van der Waals surface area contributed by atoms with E-state index in [-0.39, 0.29) is 11.0 Å². The molecule has 0 spiro atoms. The molecule has 0 aliphatic carbocycles. The summed E-state index contributed by atoms with van der Waals surface area (Å²) in [7, 11) is 0. The molecule has 0 aromatic heterocycles. The molecule has 1 aliphatic rings. The standard InChI is InChI=1S/C9H15NO2S2/c1-7(11)8(2)14-9(13)12-10-5-3-4-6-10/h8H,3-6H2,1-2H3. The number of rotatable bonds is 3. The van der Waals surface area contributed by atoms with Crippen LogP contribution in [0.4, 0.5) is 0 Å². The molecule has 80 valence electrons. The molecule has 1 rings (SSSR count). The quantitative estimate of drug-likeness (QED) is 0.696. The zero-order valence-corrected chi connectivity index (χ0v) is 10.1.